The van der Waals surface area contributed by atoms with E-state index in [0.29, 0.717) is 11.6 Å². The summed E-state index contributed by atoms with van der Waals surface area (Å²) < 4.78 is 1.88. The molecule has 0 atom stereocenters. The standard InChI is InChI=1S/C12H14N6/c1-9-2-11(16-15-9)6-17-7-12(8-17)18-5-10(3-13)4-14-18/h2,4-5,12H,6-8H2,1H3,(H,15,16). The predicted octanol–water partition coefficient (Wildman–Crippen LogP) is 0.843. The number of rotatable bonds is 3. The molecule has 0 amide bonds. The lowest BCUT2D eigenvalue weighted by molar-refractivity contribution is 0.0895. The number of nitrogens with one attached hydrogen (secondary N) is 1. The Labute approximate surface area is 105 Å². The normalized spacial score (nSPS) is 16.4. The van der Waals surface area contributed by atoms with Crippen molar-refractivity contribution in [3.63, 3.8) is 0 Å². The molecular weight excluding hydrogens is 228 g/mol. The highest BCUT2D eigenvalue weighted by Gasteiger charge is 2.29. The van der Waals surface area contributed by atoms with E-state index in [-0.39, 0.29) is 0 Å². The van der Waals surface area contributed by atoms with Crippen LogP contribution >= 0.6 is 0 Å². The van der Waals surface area contributed by atoms with Gasteiger partial charge >= 0.3 is 0 Å². The van der Waals surface area contributed by atoms with Gasteiger partial charge in [-0.3, -0.25) is 14.7 Å². The third kappa shape index (κ3) is 2.00. The smallest absolute Gasteiger partial charge is 0.102 e. The summed E-state index contributed by atoms with van der Waals surface area (Å²) in [7, 11) is 0. The summed E-state index contributed by atoms with van der Waals surface area (Å²) in [5.41, 5.74) is 2.79. The van der Waals surface area contributed by atoms with E-state index in [4.69, 9.17) is 5.26 Å². The molecule has 0 bridgehead atoms. The number of H-pyrrole nitrogens is 1. The topological polar surface area (TPSA) is 73.5 Å². The van der Waals surface area contributed by atoms with Gasteiger partial charge in [0.15, 0.2) is 0 Å². The van der Waals surface area contributed by atoms with Gasteiger partial charge in [-0.2, -0.15) is 15.5 Å². The van der Waals surface area contributed by atoms with E-state index in [1.54, 1.807) is 12.4 Å². The molecule has 2 aromatic rings. The number of aryl methyl sites for hydroxylation is 1. The van der Waals surface area contributed by atoms with Gasteiger partial charge in [0.05, 0.1) is 23.5 Å². The predicted molar refractivity (Wildman–Crippen MR) is 64.6 cm³/mol. The van der Waals surface area contributed by atoms with Crippen LogP contribution in [0, 0.1) is 18.3 Å². The fraction of sp³-hybridized carbons (Fsp3) is 0.417. The van der Waals surface area contributed by atoms with Crippen LogP contribution < -0.4 is 0 Å². The number of aromatic amines is 1. The first kappa shape index (κ1) is 11.0. The van der Waals surface area contributed by atoms with Crippen molar-refractivity contribution >= 4 is 0 Å². The fourth-order valence-corrected chi connectivity index (χ4v) is 2.22. The fourth-order valence-electron chi connectivity index (χ4n) is 2.22. The van der Waals surface area contributed by atoms with Crippen LogP contribution in [0.15, 0.2) is 18.5 Å². The van der Waals surface area contributed by atoms with Crippen LogP contribution in [-0.2, 0) is 6.54 Å². The molecule has 18 heavy (non-hydrogen) atoms. The Morgan fingerprint density at radius 3 is 3.00 bits per heavy atom. The average Bonchev–Trinajstić information content (AvgIpc) is 2.91. The maximum absolute atomic E-state index is 8.75. The van der Waals surface area contributed by atoms with E-state index in [1.165, 1.54) is 0 Å². The van der Waals surface area contributed by atoms with Crippen molar-refractivity contribution in [1.82, 2.24) is 24.9 Å². The minimum atomic E-state index is 0.382. The van der Waals surface area contributed by atoms with Gasteiger partial charge in [0.2, 0.25) is 0 Å². The monoisotopic (exact) mass is 242 g/mol. The first-order chi connectivity index (χ1) is 8.74. The summed E-state index contributed by atoms with van der Waals surface area (Å²) in [5.74, 6) is 0. The first-order valence-corrected chi connectivity index (χ1v) is 5.92. The van der Waals surface area contributed by atoms with Crippen LogP contribution in [0.25, 0.3) is 0 Å². The zero-order valence-electron chi connectivity index (χ0n) is 10.2. The van der Waals surface area contributed by atoms with Crippen LogP contribution in [0.2, 0.25) is 0 Å². The molecule has 1 aliphatic rings. The van der Waals surface area contributed by atoms with E-state index in [1.807, 2.05) is 11.6 Å². The average molecular weight is 242 g/mol. The van der Waals surface area contributed by atoms with Gasteiger partial charge in [-0.1, -0.05) is 0 Å². The molecule has 92 valence electrons. The molecule has 1 saturated heterocycles. The van der Waals surface area contributed by atoms with Crippen molar-refractivity contribution < 1.29 is 0 Å². The molecule has 1 fully saturated rings. The highest BCUT2D eigenvalue weighted by molar-refractivity contribution is 5.22. The molecule has 1 aliphatic heterocycles. The second-order valence-corrected chi connectivity index (χ2v) is 4.71. The van der Waals surface area contributed by atoms with E-state index in [2.05, 4.69) is 32.3 Å². The van der Waals surface area contributed by atoms with Gasteiger partial charge in [-0.15, -0.1) is 0 Å². The van der Waals surface area contributed by atoms with Crippen molar-refractivity contribution in [3.8, 4) is 6.07 Å². The molecule has 1 N–H and O–H groups in total. The van der Waals surface area contributed by atoms with Gasteiger partial charge in [-0.05, 0) is 13.0 Å². The number of likely N-dealkylation sites (tertiary alicyclic amines) is 1. The third-order valence-corrected chi connectivity index (χ3v) is 3.19. The summed E-state index contributed by atoms with van der Waals surface area (Å²) in [5, 5.41) is 20.1. The number of nitriles is 1. The van der Waals surface area contributed by atoms with Crippen LogP contribution in [0.1, 0.15) is 23.0 Å². The summed E-state index contributed by atoms with van der Waals surface area (Å²) in [6.07, 6.45) is 3.42. The molecule has 3 heterocycles. The lowest BCUT2D eigenvalue weighted by atomic mass is 10.1. The van der Waals surface area contributed by atoms with Gasteiger partial charge in [-0.25, -0.2) is 0 Å². The Morgan fingerprint density at radius 1 is 1.56 bits per heavy atom. The van der Waals surface area contributed by atoms with Gasteiger partial charge < -0.3 is 0 Å². The Bertz CT molecular complexity index is 584. The second kappa shape index (κ2) is 4.27. The minimum Gasteiger partial charge on any atom is -0.293 e. The summed E-state index contributed by atoms with van der Waals surface area (Å²) in [6, 6.07) is 4.54. The van der Waals surface area contributed by atoms with E-state index < -0.39 is 0 Å². The van der Waals surface area contributed by atoms with Crippen molar-refractivity contribution in [2.45, 2.75) is 19.5 Å². The molecule has 0 aromatic carbocycles. The maximum atomic E-state index is 8.75. The Hall–Kier alpha value is -2.13. The SMILES string of the molecule is Cc1cc(CN2CC(n3cc(C#N)cn3)C2)n[nH]1. The molecule has 0 radical (unpaired) electrons. The molecule has 3 rings (SSSR count). The molecule has 0 spiro atoms. The molecular formula is C12H14N6. The number of hydrogen-bond acceptors (Lipinski definition) is 4. The third-order valence-electron chi connectivity index (χ3n) is 3.19. The Balaban J connectivity index is 1.55. The molecule has 6 nitrogen and oxygen atoms in total. The zero-order valence-corrected chi connectivity index (χ0v) is 10.2. The molecule has 0 aliphatic carbocycles. The lowest BCUT2D eigenvalue weighted by Gasteiger charge is -2.38. The maximum Gasteiger partial charge on any atom is 0.102 e. The van der Waals surface area contributed by atoms with Gasteiger partial charge in [0, 0.05) is 31.5 Å². The van der Waals surface area contributed by atoms with Gasteiger partial charge in [0.25, 0.3) is 0 Å². The second-order valence-electron chi connectivity index (χ2n) is 4.71. The molecule has 2 aromatic heterocycles. The largest absolute Gasteiger partial charge is 0.293 e. The molecule has 0 saturated carbocycles. The van der Waals surface area contributed by atoms with E-state index in [9.17, 15) is 0 Å². The van der Waals surface area contributed by atoms with Crippen LogP contribution in [0.5, 0.6) is 0 Å². The van der Waals surface area contributed by atoms with Crippen molar-refractivity contribution in [1.29, 1.82) is 5.26 Å². The van der Waals surface area contributed by atoms with Crippen LogP contribution in [-0.4, -0.2) is 38.0 Å². The Kier molecular flexibility index (Phi) is 2.61. The van der Waals surface area contributed by atoms with Crippen LogP contribution in [0.3, 0.4) is 0 Å². The number of aromatic nitrogens is 4. The lowest BCUT2D eigenvalue weighted by Crippen LogP contribution is -2.47. The minimum absolute atomic E-state index is 0.382. The Morgan fingerprint density at radius 2 is 2.39 bits per heavy atom. The summed E-state index contributed by atoms with van der Waals surface area (Å²) in [4.78, 5) is 2.31. The zero-order chi connectivity index (χ0) is 12.5. The van der Waals surface area contributed by atoms with E-state index >= 15 is 0 Å². The quantitative estimate of drug-likeness (QED) is 0.865. The van der Waals surface area contributed by atoms with Crippen molar-refractivity contribution in [3.05, 3.63) is 35.4 Å². The van der Waals surface area contributed by atoms with Gasteiger partial charge in [0.1, 0.15) is 6.07 Å². The molecule has 6 heteroatoms. The summed E-state index contributed by atoms with van der Waals surface area (Å²) >= 11 is 0. The number of nitrogens with zero attached hydrogens (tertiary/aromatic N) is 5. The van der Waals surface area contributed by atoms with Crippen molar-refractivity contribution in [2.75, 3.05) is 13.1 Å². The highest BCUT2D eigenvalue weighted by atomic mass is 15.4. The number of hydrogen-bond donors (Lipinski definition) is 1. The molecule has 0 unspecified atom stereocenters. The highest BCUT2D eigenvalue weighted by Crippen LogP contribution is 2.22. The first-order valence-electron chi connectivity index (χ1n) is 5.92. The summed E-state index contributed by atoms with van der Waals surface area (Å²) in [6.45, 7) is 4.78. The van der Waals surface area contributed by atoms with Crippen LogP contribution in [0.4, 0.5) is 0 Å². The van der Waals surface area contributed by atoms with Crippen molar-refractivity contribution in [2.24, 2.45) is 0 Å². The van der Waals surface area contributed by atoms with E-state index in [0.717, 1.165) is 31.0 Å².